The number of anilines is 2. The molecule has 0 spiro atoms. The van der Waals surface area contributed by atoms with Gasteiger partial charge in [-0.05, 0) is 36.4 Å². The summed E-state index contributed by atoms with van der Waals surface area (Å²) < 4.78 is 0.790. The van der Waals surface area contributed by atoms with Crippen molar-refractivity contribution in [2.45, 2.75) is 0 Å². The zero-order chi connectivity index (χ0) is 18.5. The van der Waals surface area contributed by atoms with Crippen molar-refractivity contribution in [3.05, 3.63) is 86.9 Å². The second kappa shape index (κ2) is 7.79. The topological polar surface area (TPSA) is 87.8 Å². The first-order chi connectivity index (χ1) is 12.5. The molecule has 0 aliphatic heterocycles. The van der Waals surface area contributed by atoms with E-state index in [0.29, 0.717) is 16.9 Å². The summed E-state index contributed by atoms with van der Waals surface area (Å²) in [5.41, 5.74) is 2.28. The summed E-state index contributed by atoms with van der Waals surface area (Å²) in [5.74, 6) is 0.0694. The number of nitrogens with zero attached hydrogens (tertiary/aromatic N) is 2. The molecule has 3 aromatic carbocycles. The molecular weight excluding hydrogens is 398 g/mol. The van der Waals surface area contributed by atoms with Crippen LogP contribution in [0.25, 0.3) is 0 Å². The van der Waals surface area contributed by atoms with Gasteiger partial charge in [-0.2, -0.15) is 0 Å². The lowest BCUT2D eigenvalue weighted by molar-refractivity contribution is -0.384. The van der Waals surface area contributed by atoms with E-state index in [1.807, 2.05) is 30.3 Å². The molecule has 0 aliphatic rings. The number of hydrogen-bond acceptors (Lipinski definition) is 5. The SMILES string of the molecule is O=[N+]([O-])c1ccc(Nc2ccccc2)c(N=Cc2cc(Br)ccc2O)c1. The standard InChI is InChI=1S/C19H14BrN3O3/c20-14-6-9-19(24)13(10-14)12-21-18-11-16(23(25)26)7-8-17(18)22-15-4-2-1-3-5-15/h1-12,22,24H. The number of para-hydroxylation sites is 1. The number of rotatable bonds is 5. The smallest absolute Gasteiger partial charge is 0.271 e. The molecule has 0 bridgehead atoms. The first-order valence-electron chi connectivity index (χ1n) is 7.66. The summed E-state index contributed by atoms with van der Waals surface area (Å²) in [7, 11) is 0. The number of aliphatic imine (C=N–C) groups is 1. The van der Waals surface area contributed by atoms with Crippen molar-refractivity contribution < 1.29 is 10.0 Å². The first kappa shape index (κ1) is 17.6. The molecule has 0 aromatic heterocycles. The van der Waals surface area contributed by atoms with Crippen LogP contribution in [0.2, 0.25) is 0 Å². The zero-order valence-electron chi connectivity index (χ0n) is 13.5. The molecule has 26 heavy (non-hydrogen) atoms. The summed E-state index contributed by atoms with van der Waals surface area (Å²) >= 11 is 3.34. The molecular formula is C19H14BrN3O3. The van der Waals surface area contributed by atoms with Gasteiger partial charge in [0.1, 0.15) is 5.75 Å². The van der Waals surface area contributed by atoms with Crippen molar-refractivity contribution in [1.82, 2.24) is 0 Å². The number of nitrogens with one attached hydrogen (secondary N) is 1. The molecule has 0 heterocycles. The molecule has 0 saturated carbocycles. The number of nitro groups is 1. The highest BCUT2D eigenvalue weighted by Gasteiger charge is 2.11. The summed E-state index contributed by atoms with van der Waals surface area (Å²) in [5, 5.41) is 24.2. The zero-order valence-corrected chi connectivity index (χ0v) is 15.1. The average molecular weight is 412 g/mol. The Kier molecular flexibility index (Phi) is 5.28. The maximum Gasteiger partial charge on any atom is 0.271 e. The van der Waals surface area contributed by atoms with Gasteiger partial charge in [-0.1, -0.05) is 34.1 Å². The largest absolute Gasteiger partial charge is 0.507 e. The number of benzene rings is 3. The Bertz CT molecular complexity index is 975. The van der Waals surface area contributed by atoms with Gasteiger partial charge in [-0.3, -0.25) is 15.1 Å². The molecule has 0 radical (unpaired) electrons. The molecule has 0 amide bonds. The van der Waals surface area contributed by atoms with Crippen LogP contribution in [0.15, 0.2) is 76.2 Å². The monoisotopic (exact) mass is 411 g/mol. The molecule has 7 heteroatoms. The highest BCUT2D eigenvalue weighted by molar-refractivity contribution is 9.10. The van der Waals surface area contributed by atoms with Crippen LogP contribution in [0.1, 0.15) is 5.56 Å². The van der Waals surface area contributed by atoms with E-state index in [-0.39, 0.29) is 11.4 Å². The first-order valence-corrected chi connectivity index (χ1v) is 8.45. The van der Waals surface area contributed by atoms with E-state index >= 15 is 0 Å². The second-order valence-corrected chi connectivity index (χ2v) is 6.33. The summed E-state index contributed by atoms with van der Waals surface area (Å²) in [6, 6.07) is 18.8. The third-order valence-corrected chi connectivity index (χ3v) is 4.07. The van der Waals surface area contributed by atoms with E-state index in [9.17, 15) is 15.2 Å². The van der Waals surface area contributed by atoms with Gasteiger partial charge in [0.05, 0.1) is 16.3 Å². The van der Waals surface area contributed by atoms with E-state index in [1.165, 1.54) is 18.3 Å². The van der Waals surface area contributed by atoms with E-state index in [4.69, 9.17) is 0 Å². The molecule has 0 fully saturated rings. The van der Waals surface area contributed by atoms with Gasteiger partial charge in [0.25, 0.3) is 5.69 Å². The lowest BCUT2D eigenvalue weighted by Crippen LogP contribution is -1.93. The summed E-state index contributed by atoms with van der Waals surface area (Å²) in [4.78, 5) is 15.0. The predicted octanol–water partition coefficient (Wildman–Crippen LogP) is 5.56. The number of nitro benzene ring substituents is 1. The van der Waals surface area contributed by atoms with Crippen LogP contribution in [0, 0.1) is 10.1 Å². The van der Waals surface area contributed by atoms with Crippen molar-refractivity contribution in [1.29, 1.82) is 0 Å². The Labute approximate surface area is 158 Å². The number of aromatic hydroxyl groups is 1. The Morgan fingerprint density at radius 2 is 1.85 bits per heavy atom. The number of hydrogen-bond donors (Lipinski definition) is 2. The minimum Gasteiger partial charge on any atom is -0.507 e. The van der Waals surface area contributed by atoms with Gasteiger partial charge < -0.3 is 10.4 Å². The fraction of sp³-hybridized carbons (Fsp3) is 0. The van der Waals surface area contributed by atoms with Crippen LogP contribution in [0.4, 0.5) is 22.7 Å². The fourth-order valence-electron chi connectivity index (χ4n) is 2.29. The van der Waals surface area contributed by atoms with E-state index in [2.05, 4.69) is 26.2 Å². The van der Waals surface area contributed by atoms with Crippen LogP contribution in [0.3, 0.4) is 0 Å². The van der Waals surface area contributed by atoms with Gasteiger partial charge in [-0.15, -0.1) is 0 Å². The number of non-ortho nitro benzene ring substituents is 1. The highest BCUT2D eigenvalue weighted by Crippen LogP contribution is 2.32. The normalized spacial score (nSPS) is 10.8. The van der Waals surface area contributed by atoms with Crippen LogP contribution < -0.4 is 5.32 Å². The summed E-state index contributed by atoms with van der Waals surface area (Å²) in [6.45, 7) is 0. The Morgan fingerprint density at radius 1 is 1.08 bits per heavy atom. The van der Waals surface area contributed by atoms with Gasteiger partial charge in [-0.25, -0.2) is 0 Å². The van der Waals surface area contributed by atoms with Crippen molar-refractivity contribution in [3.8, 4) is 5.75 Å². The van der Waals surface area contributed by atoms with Crippen LogP contribution in [-0.4, -0.2) is 16.2 Å². The van der Waals surface area contributed by atoms with Crippen molar-refractivity contribution in [3.63, 3.8) is 0 Å². The average Bonchev–Trinajstić information content (AvgIpc) is 2.64. The van der Waals surface area contributed by atoms with Crippen molar-refractivity contribution >= 4 is 44.9 Å². The Hall–Kier alpha value is -3.19. The molecule has 3 aromatic rings. The van der Waals surface area contributed by atoms with Crippen LogP contribution in [-0.2, 0) is 0 Å². The van der Waals surface area contributed by atoms with E-state index in [1.54, 1.807) is 24.3 Å². The summed E-state index contributed by atoms with van der Waals surface area (Å²) in [6.07, 6.45) is 1.47. The van der Waals surface area contributed by atoms with Crippen molar-refractivity contribution in [2.75, 3.05) is 5.32 Å². The molecule has 3 rings (SSSR count). The van der Waals surface area contributed by atoms with Gasteiger partial charge in [0.15, 0.2) is 0 Å². The third kappa shape index (κ3) is 4.25. The molecule has 0 atom stereocenters. The maximum atomic E-state index is 11.1. The number of halogens is 1. The van der Waals surface area contributed by atoms with Gasteiger partial charge >= 0.3 is 0 Å². The Morgan fingerprint density at radius 3 is 2.58 bits per heavy atom. The molecule has 2 N–H and O–H groups in total. The molecule has 130 valence electrons. The molecule has 6 nitrogen and oxygen atoms in total. The third-order valence-electron chi connectivity index (χ3n) is 3.58. The minimum absolute atomic E-state index is 0.0609. The van der Waals surface area contributed by atoms with Crippen molar-refractivity contribution in [2.24, 2.45) is 4.99 Å². The van der Waals surface area contributed by atoms with Crippen LogP contribution >= 0.6 is 15.9 Å². The Balaban J connectivity index is 1.99. The maximum absolute atomic E-state index is 11.1. The molecule has 0 saturated heterocycles. The minimum atomic E-state index is -0.470. The highest BCUT2D eigenvalue weighted by atomic mass is 79.9. The van der Waals surface area contributed by atoms with E-state index in [0.717, 1.165) is 10.2 Å². The molecule has 0 unspecified atom stereocenters. The quantitative estimate of drug-likeness (QED) is 0.326. The van der Waals surface area contributed by atoms with Gasteiger partial charge in [0, 0.05) is 34.1 Å². The fourth-order valence-corrected chi connectivity index (χ4v) is 2.67. The number of phenols is 1. The second-order valence-electron chi connectivity index (χ2n) is 5.41. The predicted molar refractivity (Wildman–Crippen MR) is 106 cm³/mol. The van der Waals surface area contributed by atoms with Crippen LogP contribution in [0.5, 0.6) is 5.75 Å². The lowest BCUT2D eigenvalue weighted by atomic mass is 10.2. The van der Waals surface area contributed by atoms with Gasteiger partial charge in [0.2, 0.25) is 0 Å². The lowest BCUT2D eigenvalue weighted by Gasteiger charge is -2.09. The number of phenolic OH excluding ortho intramolecular Hbond substituents is 1. The molecule has 0 aliphatic carbocycles. The van der Waals surface area contributed by atoms with E-state index < -0.39 is 4.92 Å².